The quantitative estimate of drug-likeness (QED) is 0.422. The fourth-order valence-electron chi connectivity index (χ4n) is 2.98. The molecule has 114 valence electrons. The van der Waals surface area contributed by atoms with E-state index in [0.29, 0.717) is 21.9 Å². The van der Waals surface area contributed by atoms with Crippen molar-refractivity contribution in [1.29, 1.82) is 5.26 Å². The molecule has 0 atom stereocenters. The van der Waals surface area contributed by atoms with Crippen LogP contribution in [0, 0.1) is 11.3 Å². The third kappa shape index (κ3) is 2.03. The normalized spacial score (nSPS) is 10.8. The van der Waals surface area contributed by atoms with Gasteiger partial charge in [-0.25, -0.2) is 4.79 Å². The van der Waals surface area contributed by atoms with Gasteiger partial charge in [-0.3, -0.25) is 0 Å². The molecule has 4 aromatic rings. The second-order valence-corrected chi connectivity index (χ2v) is 5.47. The van der Waals surface area contributed by atoms with E-state index in [9.17, 15) is 15.2 Å². The van der Waals surface area contributed by atoms with Crippen molar-refractivity contribution in [2.75, 3.05) is 0 Å². The summed E-state index contributed by atoms with van der Waals surface area (Å²) in [6, 6.07) is 19.8. The number of phenolic OH excluding ortho intramolecular Hbond substituents is 1. The Labute approximate surface area is 136 Å². The number of aromatic hydroxyl groups is 1. The molecule has 0 amide bonds. The molecule has 1 N–H and O–H groups in total. The first kappa shape index (κ1) is 14.0. The van der Waals surface area contributed by atoms with Crippen LogP contribution in [0.25, 0.3) is 32.9 Å². The minimum atomic E-state index is -0.663. The van der Waals surface area contributed by atoms with Crippen LogP contribution in [0.2, 0.25) is 0 Å². The predicted octanol–water partition coefficient (Wildman–Crippen LogP) is 4.19. The van der Waals surface area contributed by atoms with Gasteiger partial charge in [-0.2, -0.15) is 5.26 Å². The van der Waals surface area contributed by atoms with Crippen molar-refractivity contribution in [1.82, 2.24) is 0 Å². The molecule has 0 aliphatic heterocycles. The van der Waals surface area contributed by atoms with E-state index < -0.39 is 5.63 Å². The molecular formula is C20H11NO3. The molecule has 3 aromatic carbocycles. The van der Waals surface area contributed by atoms with Crippen LogP contribution in [0.4, 0.5) is 0 Å². The number of fused-ring (bicyclic) bond motifs is 3. The average molecular weight is 313 g/mol. The van der Waals surface area contributed by atoms with Crippen LogP contribution in [0.1, 0.15) is 5.56 Å². The maximum Gasteiger partial charge on any atom is 0.354 e. The van der Waals surface area contributed by atoms with Gasteiger partial charge >= 0.3 is 5.63 Å². The molecular weight excluding hydrogens is 302 g/mol. The highest BCUT2D eigenvalue weighted by Crippen LogP contribution is 2.34. The van der Waals surface area contributed by atoms with Crippen LogP contribution in [0.15, 0.2) is 69.9 Å². The van der Waals surface area contributed by atoms with Gasteiger partial charge in [0, 0.05) is 16.3 Å². The molecule has 0 bridgehead atoms. The monoisotopic (exact) mass is 313 g/mol. The van der Waals surface area contributed by atoms with E-state index in [1.54, 1.807) is 18.2 Å². The minimum Gasteiger partial charge on any atom is -0.508 e. The van der Waals surface area contributed by atoms with Crippen molar-refractivity contribution in [2.45, 2.75) is 0 Å². The Bertz CT molecular complexity index is 1180. The van der Waals surface area contributed by atoms with Gasteiger partial charge in [0.05, 0.1) is 0 Å². The fraction of sp³-hybridized carbons (Fsp3) is 0. The second kappa shape index (κ2) is 5.25. The molecule has 0 saturated heterocycles. The molecule has 0 fully saturated rings. The summed E-state index contributed by atoms with van der Waals surface area (Å²) in [6.07, 6.45) is 0. The minimum absolute atomic E-state index is 0.00757. The molecule has 4 heteroatoms. The molecule has 4 rings (SSSR count). The van der Waals surface area contributed by atoms with E-state index in [1.165, 1.54) is 0 Å². The van der Waals surface area contributed by atoms with Crippen LogP contribution < -0.4 is 5.63 Å². The Morgan fingerprint density at radius 1 is 0.958 bits per heavy atom. The topological polar surface area (TPSA) is 74.2 Å². The molecule has 0 unspecified atom stereocenters. The lowest BCUT2D eigenvalue weighted by Gasteiger charge is -2.10. The van der Waals surface area contributed by atoms with Crippen molar-refractivity contribution in [3.05, 3.63) is 76.6 Å². The zero-order chi connectivity index (χ0) is 16.7. The molecule has 0 radical (unpaired) electrons. The van der Waals surface area contributed by atoms with Gasteiger partial charge in [-0.05, 0) is 35.2 Å². The van der Waals surface area contributed by atoms with Crippen molar-refractivity contribution >= 4 is 21.7 Å². The standard InChI is InChI=1S/C20H11NO3/c21-11-17-18(12-4-2-1-3-5-12)16-8-6-13-10-14(22)7-9-15(13)19(16)24-20(17)23/h1-10,22H. The number of hydrogen-bond donors (Lipinski definition) is 1. The first-order valence-electron chi connectivity index (χ1n) is 7.37. The number of rotatable bonds is 1. The summed E-state index contributed by atoms with van der Waals surface area (Å²) in [5.74, 6) is 0.140. The molecule has 4 nitrogen and oxygen atoms in total. The summed E-state index contributed by atoms with van der Waals surface area (Å²) < 4.78 is 5.44. The maximum atomic E-state index is 12.3. The van der Waals surface area contributed by atoms with Crippen LogP contribution in [0.5, 0.6) is 5.75 Å². The summed E-state index contributed by atoms with van der Waals surface area (Å²) in [4.78, 5) is 12.3. The Balaban J connectivity index is 2.23. The van der Waals surface area contributed by atoms with Crippen molar-refractivity contribution in [3.8, 4) is 22.9 Å². The Kier molecular flexibility index (Phi) is 3.07. The van der Waals surface area contributed by atoms with Crippen molar-refractivity contribution in [3.63, 3.8) is 0 Å². The Hall–Kier alpha value is -3.58. The van der Waals surface area contributed by atoms with E-state index in [1.807, 2.05) is 48.5 Å². The average Bonchev–Trinajstić information content (AvgIpc) is 2.61. The molecule has 1 aromatic heterocycles. The van der Waals surface area contributed by atoms with E-state index in [-0.39, 0.29) is 11.3 Å². The Morgan fingerprint density at radius 2 is 1.71 bits per heavy atom. The largest absolute Gasteiger partial charge is 0.508 e. The second-order valence-electron chi connectivity index (χ2n) is 5.47. The molecule has 1 heterocycles. The van der Waals surface area contributed by atoms with E-state index in [2.05, 4.69) is 0 Å². The highest BCUT2D eigenvalue weighted by Gasteiger charge is 2.17. The highest BCUT2D eigenvalue weighted by molar-refractivity contribution is 6.09. The molecule has 24 heavy (non-hydrogen) atoms. The summed E-state index contributed by atoms with van der Waals surface area (Å²) in [5, 5.41) is 21.2. The maximum absolute atomic E-state index is 12.3. The summed E-state index contributed by atoms with van der Waals surface area (Å²) in [6.45, 7) is 0. The third-order valence-corrected chi connectivity index (χ3v) is 4.05. The van der Waals surface area contributed by atoms with Gasteiger partial charge < -0.3 is 9.52 Å². The number of phenols is 1. The molecule has 0 aliphatic carbocycles. The first-order valence-corrected chi connectivity index (χ1v) is 7.37. The van der Waals surface area contributed by atoms with Crippen LogP contribution in [0.3, 0.4) is 0 Å². The van der Waals surface area contributed by atoms with Gasteiger partial charge in [0.25, 0.3) is 0 Å². The number of nitriles is 1. The number of benzene rings is 3. The van der Waals surface area contributed by atoms with Gasteiger partial charge in [0.2, 0.25) is 0 Å². The summed E-state index contributed by atoms with van der Waals surface area (Å²) in [5.41, 5.74) is 1.09. The fourth-order valence-corrected chi connectivity index (χ4v) is 2.98. The number of nitrogens with zero attached hydrogens (tertiary/aromatic N) is 1. The van der Waals surface area contributed by atoms with E-state index in [0.717, 1.165) is 10.9 Å². The van der Waals surface area contributed by atoms with Gasteiger partial charge in [-0.15, -0.1) is 0 Å². The lowest BCUT2D eigenvalue weighted by molar-refractivity contribution is 0.476. The smallest absolute Gasteiger partial charge is 0.354 e. The highest BCUT2D eigenvalue weighted by atomic mass is 16.4. The lowest BCUT2D eigenvalue weighted by Crippen LogP contribution is -2.07. The molecule has 0 saturated carbocycles. The van der Waals surface area contributed by atoms with Gasteiger partial charge in [0.1, 0.15) is 23.0 Å². The zero-order valence-corrected chi connectivity index (χ0v) is 12.5. The van der Waals surface area contributed by atoms with Crippen molar-refractivity contribution in [2.24, 2.45) is 0 Å². The first-order chi connectivity index (χ1) is 11.7. The SMILES string of the molecule is N#Cc1c(-c2ccccc2)c2ccc3cc(O)ccc3c2oc1=O. The van der Waals surface area contributed by atoms with Gasteiger partial charge in [0.15, 0.2) is 0 Å². The molecule has 0 spiro atoms. The van der Waals surface area contributed by atoms with Crippen LogP contribution >= 0.6 is 0 Å². The Morgan fingerprint density at radius 3 is 2.46 bits per heavy atom. The van der Waals surface area contributed by atoms with Gasteiger partial charge in [-0.1, -0.05) is 36.4 Å². The number of hydrogen-bond acceptors (Lipinski definition) is 4. The van der Waals surface area contributed by atoms with Crippen molar-refractivity contribution < 1.29 is 9.52 Å². The summed E-state index contributed by atoms with van der Waals surface area (Å²) in [7, 11) is 0. The zero-order valence-electron chi connectivity index (χ0n) is 12.5. The molecule has 0 aliphatic rings. The lowest BCUT2D eigenvalue weighted by atomic mass is 9.95. The van der Waals surface area contributed by atoms with E-state index >= 15 is 0 Å². The van der Waals surface area contributed by atoms with E-state index in [4.69, 9.17) is 4.42 Å². The summed E-state index contributed by atoms with van der Waals surface area (Å²) >= 11 is 0. The predicted molar refractivity (Wildman–Crippen MR) is 91.8 cm³/mol. The van der Waals surface area contributed by atoms with Crippen LogP contribution in [-0.4, -0.2) is 5.11 Å². The third-order valence-electron chi connectivity index (χ3n) is 4.05. The van der Waals surface area contributed by atoms with Crippen LogP contribution in [-0.2, 0) is 0 Å².